The molecule has 0 fully saturated rings. The molecule has 110 valence electrons. The van der Waals surface area contributed by atoms with Crippen molar-refractivity contribution in [2.75, 3.05) is 13.7 Å². The SMILES string of the molecule is COc1ccc(CCNC(=O)c2cc(Br)cc(I)c2)cc1. The summed E-state index contributed by atoms with van der Waals surface area (Å²) in [4.78, 5) is 12.1. The van der Waals surface area contributed by atoms with E-state index in [9.17, 15) is 4.79 Å². The zero-order chi connectivity index (χ0) is 15.2. The lowest BCUT2D eigenvalue weighted by atomic mass is 10.1. The van der Waals surface area contributed by atoms with Crippen LogP contribution in [0.2, 0.25) is 0 Å². The van der Waals surface area contributed by atoms with E-state index in [0.29, 0.717) is 12.1 Å². The first kappa shape index (κ1) is 16.3. The average molecular weight is 460 g/mol. The molecule has 0 unspecified atom stereocenters. The van der Waals surface area contributed by atoms with Crippen molar-refractivity contribution >= 4 is 44.4 Å². The maximum absolute atomic E-state index is 12.1. The quantitative estimate of drug-likeness (QED) is 0.685. The number of carbonyl (C=O) groups excluding carboxylic acids is 1. The highest BCUT2D eigenvalue weighted by molar-refractivity contribution is 14.1. The van der Waals surface area contributed by atoms with Gasteiger partial charge in [-0.1, -0.05) is 28.1 Å². The molecule has 0 aromatic heterocycles. The first-order valence-corrected chi connectivity index (χ1v) is 8.33. The van der Waals surface area contributed by atoms with Gasteiger partial charge in [0.2, 0.25) is 0 Å². The molecule has 0 aliphatic heterocycles. The first-order chi connectivity index (χ1) is 10.1. The number of benzene rings is 2. The molecule has 0 aliphatic carbocycles. The summed E-state index contributed by atoms with van der Waals surface area (Å²) in [5.74, 6) is 0.786. The number of carbonyl (C=O) groups is 1. The summed E-state index contributed by atoms with van der Waals surface area (Å²) < 4.78 is 7.06. The van der Waals surface area contributed by atoms with E-state index in [0.717, 1.165) is 20.2 Å². The second kappa shape index (κ2) is 7.79. The highest BCUT2D eigenvalue weighted by Gasteiger charge is 2.07. The lowest BCUT2D eigenvalue weighted by Crippen LogP contribution is -2.25. The van der Waals surface area contributed by atoms with Crippen LogP contribution in [0, 0.1) is 3.57 Å². The molecule has 1 N–H and O–H groups in total. The van der Waals surface area contributed by atoms with Crippen LogP contribution in [0.4, 0.5) is 0 Å². The summed E-state index contributed by atoms with van der Waals surface area (Å²) in [7, 11) is 1.65. The van der Waals surface area contributed by atoms with Gasteiger partial charge in [0.1, 0.15) is 5.75 Å². The van der Waals surface area contributed by atoms with E-state index in [1.165, 1.54) is 5.56 Å². The van der Waals surface area contributed by atoms with Crippen LogP contribution in [0.15, 0.2) is 46.9 Å². The monoisotopic (exact) mass is 459 g/mol. The molecule has 3 nitrogen and oxygen atoms in total. The maximum atomic E-state index is 12.1. The molecular formula is C16H15BrINO2. The lowest BCUT2D eigenvalue weighted by Gasteiger charge is -2.07. The Kier molecular flexibility index (Phi) is 6.05. The smallest absolute Gasteiger partial charge is 0.251 e. The second-order valence-corrected chi connectivity index (χ2v) is 6.67. The third-order valence-electron chi connectivity index (χ3n) is 2.98. The third-order valence-corrected chi connectivity index (χ3v) is 4.06. The number of hydrogen-bond donors (Lipinski definition) is 1. The lowest BCUT2D eigenvalue weighted by molar-refractivity contribution is 0.0954. The van der Waals surface area contributed by atoms with E-state index in [-0.39, 0.29) is 5.91 Å². The molecule has 2 aromatic rings. The van der Waals surface area contributed by atoms with Gasteiger partial charge in [0, 0.05) is 20.2 Å². The molecule has 0 saturated heterocycles. The van der Waals surface area contributed by atoms with E-state index < -0.39 is 0 Å². The Bertz CT molecular complexity index is 608. The molecular weight excluding hydrogens is 445 g/mol. The Hall–Kier alpha value is -1.08. The summed E-state index contributed by atoms with van der Waals surface area (Å²) in [5, 5.41) is 2.94. The van der Waals surface area contributed by atoms with Crippen LogP contribution in [0.1, 0.15) is 15.9 Å². The van der Waals surface area contributed by atoms with E-state index in [2.05, 4.69) is 43.8 Å². The minimum absolute atomic E-state index is 0.0530. The topological polar surface area (TPSA) is 38.3 Å². The molecule has 0 aliphatic rings. The summed E-state index contributed by atoms with van der Waals surface area (Å²) in [6.07, 6.45) is 0.792. The van der Waals surface area contributed by atoms with Crippen molar-refractivity contribution in [3.8, 4) is 5.75 Å². The van der Waals surface area contributed by atoms with Crippen molar-refractivity contribution in [2.45, 2.75) is 6.42 Å². The molecule has 21 heavy (non-hydrogen) atoms. The molecule has 1 amide bonds. The highest BCUT2D eigenvalue weighted by atomic mass is 127. The predicted molar refractivity (Wildman–Crippen MR) is 95.9 cm³/mol. The second-order valence-electron chi connectivity index (χ2n) is 4.51. The van der Waals surface area contributed by atoms with Gasteiger partial charge in [-0.2, -0.15) is 0 Å². The van der Waals surface area contributed by atoms with Gasteiger partial charge >= 0.3 is 0 Å². The van der Waals surface area contributed by atoms with Crippen molar-refractivity contribution in [1.29, 1.82) is 0 Å². The molecule has 0 radical (unpaired) electrons. The number of rotatable bonds is 5. The molecule has 0 heterocycles. The molecule has 0 bridgehead atoms. The van der Waals surface area contributed by atoms with Gasteiger partial charge in [-0.05, 0) is 64.9 Å². The summed E-state index contributed by atoms with van der Waals surface area (Å²) >= 11 is 5.60. The predicted octanol–water partition coefficient (Wildman–Crippen LogP) is 4.03. The molecule has 0 spiro atoms. The minimum atomic E-state index is -0.0530. The molecule has 0 saturated carbocycles. The van der Waals surface area contributed by atoms with E-state index in [4.69, 9.17) is 4.74 Å². The van der Waals surface area contributed by atoms with Gasteiger partial charge in [-0.3, -0.25) is 4.79 Å². The van der Waals surface area contributed by atoms with Crippen molar-refractivity contribution in [3.05, 3.63) is 61.6 Å². The summed E-state index contributed by atoms with van der Waals surface area (Å²) in [5.41, 5.74) is 1.84. The average Bonchev–Trinajstić information content (AvgIpc) is 2.47. The van der Waals surface area contributed by atoms with Gasteiger partial charge in [-0.15, -0.1) is 0 Å². The van der Waals surface area contributed by atoms with Crippen LogP contribution in [0.3, 0.4) is 0 Å². The van der Waals surface area contributed by atoms with Crippen LogP contribution in [0.25, 0.3) is 0 Å². The Labute approximate surface area is 146 Å². The minimum Gasteiger partial charge on any atom is -0.497 e. The normalized spacial score (nSPS) is 10.2. The van der Waals surface area contributed by atoms with Crippen LogP contribution in [-0.4, -0.2) is 19.6 Å². The Morgan fingerprint density at radius 1 is 1.24 bits per heavy atom. The van der Waals surface area contributed by atoms with Gasteiger partial charge < -0.3 is 10.1 Å². The maximum Gasteiger partial charge on any atom is 0.251 e. The Morgan fingerprint density at radius 2 is 1.95 bits per heavy atom. The zero-order valence-electron chi connectivity index (χ0n) is 11.5. The third kappa shape index (κ3) is 5.00. The van der Waals surface area contributed by atoms with Crippen LogP contribution in [-0.2, 0) is 6.42 Å². The number of ether oxygens (including phenoxy) is 1. The number of halogens is 2. The zero-order valence-corrected chi connectivity index (χ0v) is 15.3. The fraction of sp³-hybridized carbons (Fsp3) is 0.188. The molecule has 5 heteroatoms. The van der Waals surface area contributed by atoms with Gasteiger partial charge in [0.25, 0.3) is 5.91 Å². The van der Waals surface area contributed by atoms with Crippen LogP contribution in [0.5, 0.6) is 5.75 Å². The van der Waals surface area contributed by atoms with E-state index in [1.807, 2.05) is 42.5 Å². The van der Waals surface area contributed by atoms with Gasteiger partial charge in [-0.25, -0.2) is 0 Å². The largest absolute Gasteiger partial charge is 0.497 e. The number of nitrogens with one attached hydrogen (secondary N) is 1. The standard InChI is InChI=1S/C16H15BrINO2/c1-21-15-4-2-11(3-5-15)6-7-19-16(20)12-8-13(17)10-14(18)9-12/h2-5,8-10H,6-7H2,1H3,(H,19,20). The first-order valence-electron chi connectivity index (χ1n) is 6.45. The molecule has 2 rings (SSSR count). The Balaban J connectivity index is 1.88. The molecule has 2 aromatic carbocycles. The van der Waals surface area contributed by atoms with Crippen molar-refractivity contribution in [1.82, 2.24) is 5.32 Å². The van der Waals surface area contributed by atoms with E-state index in [1.54, 1.807) is 7.11 Å². The number of amides is 1. The van der Waals surface area contributed by atoms with Crippen molar-refractivity contribution in [2.24, 2.45) is 0 Å². The number of methoxy groups -OCH3 is 1. The van der Waals surface area contributed by atoms with Crippen molar-refractivity contribution < 1.29 is 9.53 Å². The van der Waals surface area contributed by atoms with Crippen LogP contribution >= 0.6 is 38.5 Å². The van der Waals surface area contributed by atoms with Crippen molar-refractivity contribution in [3.63, 3.8) is 0 Å². The van der Waals surface area contributed by atoms with Crippen LogP contribution < -0.4 is 10.1 Å². The summed E-state index contributed by atoms with van der Waals surface area (Å²) in [6, 6.07) is 13.5. The Morgan fingerprint density at radius 3 is 2.57 bits per heavy atom. The fourth-order valence-corrected chi connectivity index (χ4v) is 3.49. The summed E-state index contributed by atoms with van der Waals surface area (Å²) in [6.45, 7) is 0.605. The molecule has 0 atom stereocenters. The van der Waals surface area contributed by atoms with Gasteiger partial charge in [0.05, 0.1) is 7.11 Å². The highest BCUT2D eigenvalue weighted by Crippen LogP contribution is 2.17. The van der Waals surface area contributed by atoms with E-state index >= 15 is 0 Å². The van der Waals surface area contributed by atoms with Gasteiger partial charge in [0.15, 0.2) is 0 Å². The number of hydrogen-bond acceptors (Lipinski definition) is 2. The fourth-order valence-electron chi connectivity index (χ4n) is 1.90.